The average molecular weight is 172 g/mol. The highest BCUT2D eigenvalue weighted by molar-refractivity contribution is 5.88. The fourth-order valence-electron chi connectivity index (χ4n) is 1.65. The predicted octanol–water partition coefficient (Wildman–Crippen LogP) is 2.93. The van der Waals surface area contributed by atoms with Crippen molar-refractivity contribution in [3.8, 4) is 0 Å². The van der Waals surface area contributed by atoms with Crippen molar-refractivity contribution in [3.05, 3.63) is 41.9 Å². The normalized spacial score (nSPS) is 14.2. The second kappa shape index (κ2) is 2.39. The molecule has 0 saturated carbocycles. The van der Waals surface area contributed by atoms with E-state index in [1.807, 2.05) is 24.3 Å². The molecule has 0 bridgehead atoms. The zero-order valence-electron chi connectivity index (χ0n) is 6.99. The molecule has 2 heterocycles. The lowest BCUT2D eigenvalue weighted by Gasteiger charge is -2.03. The molecule has 13 heavy (non-hydrogen) atoms. The maximum atomic E-state index is 5.61. The van der Waals surface area contributed by atoms with Gasteiger partial charge in [0.2, 0.25) is 0 Å². The number of rotatable bonds is 0. The van der Waals surface area contributed by atoms with Crippen LogP contribution in [0.4, 0.5) is 0 Å². The Balaban J connectivity index is 2.42. The van der Waals surface area contributed by atoms with E-state index >= 15 is 0 Å². The molecular formula is C11H8O2. The molecule has 2 aromatic rings. The van der Waals surface area contributed by atoms with Gasteiger partial charge in [-0.15, -0.1) is 0 Å². The molecule has 0 radical (unpaired) electrons. The van der Waals surface area contributed by atoms with E-state index in [4.69, 9.17) is 9.15 Å². The first-order valence-electron chi connectivity index (χ1n) is 4.24. The summed E-state index contributed by atoms with van der Waals surface area (Å²) in [6.45, 7) is 0.542. The van der Waals surface area contributed by atoms with Gasteiger partial charge in [0.15, 0.2) is 0 Å². The fraction of sp³-hybridized carbons (Fsp3) is 0.0909. The zero-order valence-corrected chi connectivity index (χ0v) is 6.99. The number of ether oxygens (including phenoxy) is 1. The number of furan rings is 1. The molecule has 0 atom stereocenters. The zero-order chi connectivity index (χ0) is 8.67. The van der Waals surface area contributed by atoms with Crippen molar-refractivity contribution in [1.82, 2.24) is 0 Å². The van der Waals surface area contributed by atoms with Crippen molar-refractivity contribution < 1.29 is 9.15 Å². The molecule has 1 aromatic heterocycles. The van der Waals surface area contributed by atoms with Gasteiger partial charge in [-0.05, 0) is 12.1 Å². The number of hydrogen-bond acceptors (Lipinski definition) is 2. The quantitative estimate of drug-likeness (QED) is 0.609. The standard InChI is InChI=1S/C11H8O2/c1-2-4-10-8(3-1)9-5-6-12-7-11(9)13-10/h1-6H,7H2. The van der Waals surface area contributed by atoms with Crippen LogP contribution in [-0.2, 0) is 11.3 Å². The maximum Gasteiger partial charge on any atom is 0.150 e. The molecule has 0 N–H and O–H groups in total. The molecule has 1 aromatic carbocycles. The van der Waals surface area contributed by atoms with Crippen LogP contribution in [0.1, 0.15) is 11.3 Å². The Kier molecular flexibility index (Phi) is 1.25. The summed E-state index contributed by atoms with van der Waals surface area (Å²) >= 11 is 0. The maximum absolute atomic E-state index is 5.61. The molecular weight excluding hydrogens is 164 g/mol. The van der Waals surface area contributed by atoms with Gasteiger partial charge in [0.1, 0.15) is 18.0 Å². The van der Waals surface area contributed by atoms with Gasteiger partial charge in [0.25, 0.3) is 0 Å². The first-order chi connectivity index (χ1) is 6.45. The minimum absolute atomic E-state index is 0.542. The number of benzene rings is 1. The SMILES string of the molecule is C1=Cc2c(oc3ccccc23)CO1. The van der Waals surface area contributed by atoms with Crippen LogP contribution in [0.15, 0.2) is 34.9 Å². The number of hydrogen-bond donors (Lipinski definition) is 0. The minimum Gasteiger partial charge on any atom is -0.493 e. The summed E-state index contributed by atoms with van der Waals surface area (Å²) in [5.41, 5.74) is 2.09. The van der Waals surface area contributed by atoms with E-state index in [-0.39, 0.29) is 0 Å². The summed E-state index contributed by atoms with van der Waals surface area (Å²) in [5.74, 6) is 0.920. The van der Waals surface area contributed by atoms with Gasteiger partial charge in [-0.2, -0.15) is 0 Å². The molecule has 0 fully saturated rings. The van der Waals surface area contributed by atoms with Gasteiger partial charge in [-0.25, -0.2) is 0 Å². The monoisotopic (exact) mass is 172 g/mol. The number of fused-ring (bicyclic) bond motifs is 3. The smallest absolute Gasteiger partial charge is 0.150 e. The molecule has 3 rings (SSSR count). The van der Waals surface area contributed by atoms with Crippen LogP contribution in [0.2, 0.25) is 0 Å². The van der Waals surface area contributed by atoms with Crippen molar-refractivity contribution in [2.24, 2.45) is 0 Å². The van der Waals surface area contributed by atoms with E-state index in [0.29, 0.717) is 6.61 Å². The predicted molar refractivity (Wildman–Crippen MR) is 50.0 cm³/mol. The van der Waals surface area contributed by atoms with Crippen molar-refractivity contribution in [3.63, 3.8) is 0 Å². The molecule has 0 spiro atoms. The summed E-state index contributed by atoms with van der Waals surface area (Å²) < 4.78 is 10.8. The lowest BCUT2D eigenvalue weighted by molar-refractivity contribution is 0.210. The van der Waals surface area contributed by atoms with Crippen molar-refractivity contribution >= 4 is 17.0 Å². The Morgan fingerprint density at radius 1 is 1.15 bits per heavy atom. The molecule has 2 nitrogen and oxygen atoms in total. The van der Waals surface area contributed by atoms with Crippen LogP contribution in [0, 0.1) is 0 Å². The van der Waals surface area contributed by atoms with E-state index in [1.165, 1.54) is 0 Å². The van der Waals surface area contributed by atoms with Crippen LogP contribution in [0.5, 0.6) is 0 Å². The lowest BCUT2D eigenvalue weighted by atomic mass is 10.1. The summed E-state index contributed by atoms with van der Waals surface area (Å²) in [4.78, 5) is 0. The van der Waals surface area contributed by atoms with Gasteiger partial charge >= 0.3 is 0 Å². The third-order valence-electron chi connectivity index (χ3n) is 2.26. The Labute approximate surface area is 75.4 Å². The van der Waals surface area contributed by atoms with Crippen molar-refractivity contribution in [2.45, 2.75) is 6.61 Å². The highest BCUT2D eigenvalue weighted by Gasteiger charge is 2.13. The second-order valence-corrected chi connectivity index (χ2v) is 3.05. The van der Waals surface area contributed by atoms with Crippen LogP contribution in [0.3, 0.4) is 0 Å². The molecule has 1 aliphatic heterocycles. The second-order valence-electron chi connectivity index (χ2n) is 3.05. The third kappa shape index (κ3) is 0.886. The van der Waals surface area contributed by atoms with Gasteiger partial charge < -0.3 is 9.15 Å². The molecule has 0 unspecified atom stereocenters. The van der Waals surface area contributed by atoms with E-state index in [9.17, 15) is 0 Å². The summed E-state index contributed by atoms with van der Waals surface area (Å²) in [7, 11) is 0. The van der Waals surface area contributed by atoms with Crippen LogP contribution in [0.25, 0.3) is 17.0 Å². The third-order valence-corrected chi connectivity index (χ3v) is 2.26. The van der Waals surface area contributed by atoms with Gasteiger partial charge in [-0.3, -0.25) is 0 Å². The molecule has 0 amide bonds. The minimum atomic E-state index is 0.542. The Morgan fingerprint density at radius 2 is 2.08 bits per heavy atom. The Hall–Kier alpha value is -1.70. The Bertz CT molecular complexity index is 480. The number of para-hydroxylation sites is 1. The van der Waals surface area contributed by atoms with Gasteiger partial charge in [0.05, 0.1) is 6.26 Å². The van der Waals surface area contributed by atoms with Crippen molar-refractivity contribution in [2.75, 3.05) is 0 Å². The largest absolute Gasteiger partial charge is 0.493 e. The van der Waals surface area contributed by atoms with Crippen LogP contribution >= 0.6 is 0 Å². The summed E-state index contributed by atoms with van der Waals surface area (Å²) in [6, 6.07) is 8.03. The summed E-state index contributed by atoms with van der Waals surface area (Å²) in [5, 5.41) is 1.16. The van der Waals surface area contributed by atoms with Gasteiger partial charge in [-0.1, -0.05) is 18.2 Å². The van der Waals surface area contributed by atoms with E-state index in [0.717, 1.165) is 22.3 Å². The first kappa shape index (κ1) is 6.78. The highest BCUT2D eigenvalue weighted by Crippen LogP contribution is 2.29. The summed E-state index contributed by atoms with van der Waals surface area (Å²) in [6.07, 6.45) is 3.66. The molecule has 64 valence electrons. The average Bonchev–Trinajstić information content (AvgIpc) is 2.56. The molecule has 0 saturated heterocycles. The topological polar surface area (TPSA) is 22.4 Å². The highest BCUT2D eigenvalue weighted by atomic mass is 16.5. The van der Waals surface area contributed by atoms with Crippen LogP contribution < -0.4 is 0 Å². The van der Waals surface area contributed by atoms with Crippen LogP contribution in [-0.4, -0.2) is 0 Å². The fourth-order valence-corrected chi connectivity index (χ4v) is 1.65. The Morgan fingerprint density at radius 3 is 3.08 bits per heavy atom. The van der Waals surface area contributed by atoms with E-state index in [1.54, 1.807) is 6.26 Å². The van der Waals surface area contributed by atoms with E-state index in [2.05, 4.69) is 6.07 Å². The van der Waals surface area contributed by atoms with Crippen molar-refractivity contribution in [1.29, 1.82) is 0 Å². The van der Waals surface area contributed by atoms with E-state index < -0.39 is 0 Å². The molecule has 0 aliphatic carbocycles. The molecule has 2 heteroatoms. The lowest BCUT2D eigenvalue weighted by Crippen LogP contribution is -1.91. The molecule has 1 aliphatic rings. The first-order valence-corrected chi connectivity index (χ1v) is 4.24. The van der Waals surface area contributed by atoms with Gasteiger partial charge in [0, 0.05) is 10.9 Å².